The molecule has 2 N–H and O–H groups in total. The molecule has 0 aromatic heterocycles. The lowest BCUT2D eigenvalue weighted by atomic mass is 10.0. The number of fused-ring (bicyclic) bond motifs is 2. The number of carbonyl (C=O) groups is 1. The zero-order chi connectivity index (χ0) is 19.0. The molecular weight excluding hydrogens is 328 g/mol. The highest BCUT2D eigenvalue weighted by Gasteiger charge is 2.52. The number of hydrogen-bond donors (Lipinski definition) is 1. The van der Waals surface area contributed by atoms with Crippen LogP contribution in [0.5, 0.6) is 0 Å². The minimum absolute atomic E-state index is 0.0355. The van der Waals surface area contributed by atoms with Crippen LogP contribution < -0.4 is 5.73 Å². The number of carbonyl (C=O) groups excluding carboxylic acids is 1. The molecule has 0 aliphatic carbocycles. The molecule has 1 amide bonds. The Labute approximate surface area is 156 Å². The number of methoxy groups -OCH3 is 1. The van der Waals surface area contributed by atoms with Gasteiger partial charge in [0.05, 0.1) is 6.04 Å². The number of nitrogens with two attached hydrogens (primary N) is 1. The fraction of sp³-hybridized carbons (Fsp3) is 0.650. The van der Waals surface area contributed by atoms with Crippen LogP contribution in [0.25, 0.3) is 0 Å². The van der Waals surface area contributed by atoms with Crippen molar-refractivity contribution >= 4 is 5.91 Å². The summed E-state index contributed by atoms with van der Waals surface area (Å²) in [5.41, 5.74) is 7.90. The average molecular weight is 361 g/mol. The van der Waals surface area contributed by atoms with Crippen molar-refractivity contribution in [2.75, 3.05) is 34.3 Å². The lowest BCUT2D eigenvalue weighted by Crippen LogP contribution is -2.56. The summed E-state index contributed by atoms with van der Waals surface area (Å²) in [6.45, 7) is 6.21. The molecule has 1 aromatic carbocycles. The van der Waals surface area contributed by atoms with Gasteiger partial charge in [-0.3, -0.25) is 14.6 Å². The summed E-state index contributed by atoms with van der Waals surface area (Å²) in [4.78, 5) is 18.9. The minimum atomic E-state index is 0.0355. The van der Waals surface area contributed by atoms with Crippen molar-refractivity contribution in [1.82, 2.24) is 14.7 Å². The van der Waals surface area contributed by atoms with E-state index in [2.05, 4.69) is 29.7 Å². The molecule has 1 aromatic rings. The second-order valence-corrected chi connectivity index (χ2v) is 7.96. The summed E-state index contributed by atoms with van der Waals surface area (Å²) in [7, 11) is 5.36. The first-order valence-corrected chi connectivity index (χ1v) is 9.45. The predicted octanol–water partition coefficient (Wildman–Crippen LogP) is 1.53. The number of amides is 1. The van der Waals surface area contributed by atoms with Crippen molar-refractivity contribution in [3.05, 3.63) is 35.4 Å². The third-order valence-corrected chi connectivity index (χ3v) is 5.71. The van der Waals surface area contributed by atoms with Gasteiger partial charge in [-0.05, 0) is 38.0 Å². The fourth-order valence-electron chi connectivity index (χ4n) is 4.58. The lowest BCUT2D eigenvalue weighted by molar-refractivity contribution is -0.102. The molecule has 6 heteroatoms. The summed E-state index contributed by atoms with van der Waals surface area (Å²) >= 11 is 0. The number of ether oxygens (including phenoxy) is 1. The highest BCUT2D eigenvalue weighted by Crippen LogP contribution is 2.41. The first kappa shape index (κ1) is 19.3. The molecule has 4 unspecified atom stereocenters. The minimum Gasteiger partial charge on any atom is -0.365 e. The smallest absolute Gasteiger partial charge is 0.253 e. The Balaban J connectivity index is 1.79. The van der Waals surface area contributed by atoms with E-state index in [1.807, 2.05) is 18.2 Å². The molecule has 3 rings (SSSR count). The van der Waals surface area contributed by atoms with Crippen LogP contribution in [0.4, 0.5) is 0 Å². The molecule has 144 valence electrons. The Hall–Kier alpha value is -1.47. The Morgan fingerprint density at radius 1 is 1.38 bits per heavy atom. The largest absolute Gasteiger partial charge is 0.365 e. The molecule has 6 nitrogen and oxygen atoms in total. The first-order valence-electron chi connectivity index (χ1n) is 9.45. The lowest BCUT2D eigenvalue weighted by Gasteiger charge is -2.43. The van der Waals surface area contributed by atoms with Crippen molar-refractivity contribution in [1.29, 1.82) is 0 Å². The molecule has 2 saturated heterocycles. The third-order valence-electron chi connectivity index (χ3n) is 5.71. The summed E-state index contributed by atoms with van der Waals surface area (Å²) in [5, 5.41) is 0. The third kappa shape index (κ3) is 3.51. The van der Waals surface area contributed by atoms with Crippen LogP contribution in [0.3, 0.4) is 0 Å². The predicted molar refractivity (Wildman–Crippen MR) is 103 cm³/mol. The fourth-order valence-corrected chi connectivity index (χ4v) is 4.58. The Morgan fingerprint density at radius 2 is 2.12 bits per heavy atom. The molecule has 2 aliphatic rings. The normalized spacial score (nSPS) is 28.3. The quantitative estimate of drug-likeness (QED) is 0.834. The summed E-state index contributed by atoms with van der Waals surface area (Å²) in [5.74, 6) is 0.0355. The van der Waals surface area contributed by atoms with Gasteiger partial charge < -0.3 is 15.4 Å². The average Bonchev–Trinajstić information content (AvgIpc) is 3.17. The summed E-state index contributed by atoms with van der Waals surface area (Å²) in [6.07, 6.45) is 1.18. The zero-order valence-electron chi connectivity index (χ0n) is 16.6. The number of nitrogens with zero attached hydrogens (tertiary/aromatic N) is 3. The van der Waals surface area contributed by atoms with E-state index >= 15 is 0 Å². The molecule has 0 saturated carbocycles. The molecule has 2 heterocycles. The molecule has 5 atom stereocenters. The number of hydrogen-bond acceptors (Lipinski definition) is 5. The van der Waals surface area contributed by atoms with E-state index in [4.69, 9.17) is 10.5 Å². The van der Waals surface area contributed by atoms with Gasteiger partial charge in [0.2, 0.25) is 0 Å². The van der Waals surface area contributed by atoms with Crippen LogP contribution in [0.2, 0.25) is 0 Å². The van der Waals surface area contributed by atoms with Crippen LogP contribution in [0.15, 0.2) is 24.3 Å². The standard InChI is InChI=1S/C20H32N4O2/c1-13(21)11-23-12-17-10-18(23)20(26-5)24(17)14(2)15-7-6-8-16(9-15)19(25)22(3)4/h6-9,13-14,17-18,20H,10-12,21H2,1-5H3/t13?,14?,17-,18?,20?/m0/s1. The van der Waals surface area contributed by atoms with E-state index in [0.717, 1.165) is 30.6 Å². The van der Waals surface area contributed by atoms with Gasteiger partial charge in [0.15, 0.2) is 0 Å². The van der Waals surface area contributed by atoms with Gasteiger partial charge in [-0.15, -0.1) is 0 Å². The zero-order valence-corrected chi connectivity index (χ0v) is 16.6. The van der Waals surface area contributed by atoms with Gasteiger partial charge in [-0.25, -0.2) is 0 Å². The van der Waals surface area contributed by atoms with E-state index in [1.54, 1.807) is 26.1 Å². The second-order valence-electron chi connectivity index (χ2n) is 7.96. The first-order chi connectivity index (χ1) is 12.3. The van der Waals surface area contributed by atoms with Crippen molar-refractivity contribution in [3.8, 4) is 0 Å². The molecule has 2 fully saturated rings. The summed E-state index contributed by atoms with van der Waals surface area (Å²) < 4.78 is 5.90. The monoisotopic (exact) mass is 360 g/mol. The van der Waals surface area contributed by atoms with E-state index in [1.165, 1.54) is 0 Å². The summed E-state index contributed by atoms with van der Waals surface area (Å²) in [6, 6.07) is 9.21. The molecule has 26 heavy (non-hydrogen) atoms. The molecule has 2 bridgehead atoms. The maximum Gasteiger partial charge on any atom is 0.253 e. The van der Waals surface area contributed by atoms with E-state index in [0.29, 0.717) is 12.1 Å². The van der Waals surface area contributed by atoms with Crippen molar-refractivity contribution in [2.45, 2.75) is 50.7 Å². The van der Waals surface area contributed by atoms with Gasteiger partial charge in [0.1, 0.15) is 6.23 Å². The second kappa shape index (κ2) is 7.64. The van der Waals surface area contributed by atoms with Gasteiger partial charge in [-0.1, -0.05) is 12.1 Å². The van der Waals surface area contributed by atoms with Gasteiger partial charge in [0.25, 0.3) is 5.91 Å². The molecule has 0 radical (unpaired) electrons. The van der Waals surface area contributed by atoms with Crippen molar-refractivity contribution < 1.29 is 9.53 Å². The van der Waals surface area contributed by atoms with E-state index in [9.17, 15) is 4.79 Å². The molecular formula is C20H32N4O2. The van der Waals surface area contributed by atoms with E-state index < -0.39 is 0 Å². The number of rotatable bonds is 6. The Morgan fingerprint density at radius 3 is 2.73 bits per heavy atom. The Kier molecular flexibility index (Phi) is 5.67. The Bertz CT molecular complexity index is 648. The van der Waals surface area contributed by atoms with Crippen LogP contribution in [-0.2, 0) is 4.74 Å². The molecule has 2 aliphatic heterocycles. The van der Waals surface area contributed by atoms with Crippen LogP contribution in [0, 0.1) is 0 Å². The van der Waals surface area contributed by atoms with Crippen molar-refractivity contribution in [3.63, 3.8) is 0 Å². The van der Waals surface area contributed by atoms with Crippen LogP contribution in [-0.4, -0.2) is 79.3 Å². The van der Waals surface area contributed by atoms with Crippen molar-refractivity contribution in [2.24, 2.45) is 5.73 Å². The van der Waals surface area contributed by atoms with E-state index in [-0.39, 0.29) is 24.2 Å². The molecule has 0 spiro atoms. The van der Waals surface area contributed by atoms with Crippen LogP contribution >= 0.6 is 0 Å². The number of piperazine rings is 1. The maximum atomic E-state index is 12.3. The highest BCUT2D eigenvalue weighted by molar-refractivity contribution is 5.94. The SMILES string of the molecule is COC1C2C[C@@H](CN2CC(C)N)N1C(C)c1cccc(C(=O)N(C)C)c1. The number of benzene rings is 1. The van der Waals surface area contributed by atoms with Gasteiger partial charge in [0, 0.05) is 58.0 Å². The maximum absolute atomic E-state index is 12.3. The van der Waals surface area contributed by atoms with Gasteiger partial charge >= 0.3 is 0 Å². The topological polar surface area (TPSA) is 62.0 Å². The van der Waals surface area contributed by atoms with Crippen LogP contribution in [0.1, 0.15) is 42.2 Å². The number of likely N-dealkylation sites (tertiary alicyclic amines) is 2. The highest BCUT2D eigenvalue weighted by atomic mass is 16.5. The van der Waals surface area contributed by atoms with Gasteiger partial charge in [-0.2, -0.15) is 0 Å².